The zero-order chi connectivity index (χ0) is 14.9. The van der Waals surface area contributed by atoms with Crippen LogP contribution < -0.4 is 10.6 Å². The predicted octanol–water partition coefficient (Wildman–Crippen LogP) is 4.67. The number of thiocarbonyl (C=S) groups is 1. The fourth-order valence-electron chi connectivity index (χ4n) is 1.71. The van der Waals surface area contributed by atoms with E-state index in [1.807, 2.05) is 42.1 Å². The summed E-state index contributed by atoms with van der Waals surface area (Å²) in [5.41, 5.74) is 2.35. The van der Waals surface area contributed by atoms with Gasteiger partial charge < -0.3 is 10.6 Å². The summed E-state index contributed by atoms with van der Waals surface area (Å²) in [7, 11) is 0. The summed E-state index contributed by atoms with van der Waals surface area (Å²) in [6.45, 7) is 0.861. The second-order valence-electron chi connectivity index (χ2n) is 4.43. The largest absolute Gasteiger partial charge is 0.362 e. The molecule has 2 aromatic rings. The number of hydrogen-bond acceptors (Lipinski definition) is 2. The van der Waals surface area contributed by atoms with Gasteiger partial charge in [0.15, 0.2) is 5.11 Å². The van der Waals surface area contributed by atoms with Gasteiger partial charge in [0.05, 0.1) is 0 Å². The van der Waals surface area contributed by atoms with Gasteiger partial charge in [0.2, 0.25) is 0 Å². The van der Waals surface area contributed by atoms with Crippen molar-refractivity contribution in [3.05, 3.63) is 64.6 Å². The quantitative estimate of drug-likeness (QED) is 0.561. The van der Waals surface area contributed by atoms with Crippen molar-refractivity contribution in [2.24, 2.45) is 0 Å². The maximum Gasteiger partial charge on any atom is 0.170 e. The van der Waals surface area contributed by atoms with Gasteiger partial charge in [-0.15, -0.1) is 0 Å². The Morgan fingerprint density at radius 1 is 1.05 bits per heavy atom. The van der Waals surface area contributed by atoms with E-state index in [0.717, 1.165) is 28.2 Å². The molecule has 110 valence electrons. The molecule has 2 aromatic carbocycles. The fourth-order valence-corrected chi connectivity index (χ4v) is 3.01. The van der Waals surface area contributed by atoms with E-state index in [4.69, 9.17) is 12.2 Å². The van der Waals surface area contributed by atoms with E-state index in [2.05, 4.69) is 50.8 Å². The van der Waals surface area contributed by atoms with Crippen LogP contribution in [0.25, 0.3) is 0 Å². The molecule has 0 radical (unpaired) electrons. The number of nitrogens with one attached hydrogen (secondary N) is 2. The molecule has 0 bridgehead atoms. The Morgan fingerprint density at radius 3 is 2.48 bits per heavy atom. The third-order valence-electron chi connectivity index (χ3n) is 2.75. The first-order valence-corrected chi connectivity index (χ1v) is 9.02. The molecule has 0 unspecified atom stereocenters. The van der Waals surface area contributed by atoms with Crippen LogP contribution >= 0.6 is 39.9 Å². The van der Waals surface area contributed by atoms with Crippen LogP contribution in [0.2, 0.25) is 0 Å². The topological polar surface area (TPSA) is 24.1 Å². The van der Waals surface area contributed by atoms with Crippen molar-refractivity contribution < 1.29 is 0 Å². The normalized spacial score (nSPS) is 10.1. The lowest BCUT2D eigenvalue weighted by Crippen LogP contribution is -2.30. The number of rotatable bonds is 6. The Balaban J connectivity index is 1.60. The standard InChI is InChI=1S/C16H17BrN2S2/c17-14-6-8-15(9-7-14)19-16(20)18-10-11-21-12-13-4-2-1-3-5-13/h1-9H,10-12H2,(H2,18,19,20). The highest BCUT2D eigenvalue weighted by Gasteiger charge is 1.98. The molecule has 0 amide bonds. The van der Waals surface area contributed by atoms with E-state index >= 15 is 0 Å². The molecule has 0 heterocycles. The molecule has 2 rings (SSSR count). The molecule has 0 fully saturated rings. The summed E-state index contributed by atoms with van der Waals surface area (Å²) in [6, 6.07) is 18.4. The summed E-state index contributed by atoms with van der Waals surface area (Å²) in [6.07, 6.45) is 0. The predicted molar refractivity (Wildman–Crippen MR) is 101 cm³/mol. The Hall–Kier alpha value is -1.04. The molecule has 0 atom stereocenters. The SMILES string of the molecule is S=C(NCCSCc1ccccc1)Nc1ccc(Br)cc1. The molecule has 21 heavy (non-hydrogen) atoms. The highest BCUT2D eigenvalue weighted by atomic mass is 79.9. The molecular formula is C16H17BrN2S2. The molecule has 0 aliphatic carbocycles. The lowest BCUT2D eigenvalue weighted by molar-refractivity contribution is 0.990. The zero-order valence-corrected chi connectivity index (χ0v) is 14.7. The first-order valence-electron chi connectivity index (χ1n) is 6.66. The minimum absolute atomic E-state index is 0.664. The number of halogens is 1. The van der Waals surface area contributed by atoms with Gasteiger partial charge in [-0.2, -0.15) is 11.8 Å². The first kappa shape index (κ1) is 16.3. The van der Waals surface area contributed by atoms with E-state index in [0.29, 0.717) is 5.11 Å². The van der Waals surface area contributed by atoms with Gasteiger partial charge in [-0.05, 0) is 42.0 Å². The van der Waals surface area contributed by atoms with Gasteiger partial charge in [-0.25, -0.2) is 0 Å². The monoisotopic (exact) mass is 380 g/mol. The van der Waals surface area contributed by atoms with Gasteiger partial charge in [-0.1, -0.05) is 46.3 Å². The maximum absolute atomic E-state index is 5.27. The molecule has 0 aliphatic rings. The third kappa shape index (κ3) is 6.50. The molecule has 0 saturated carbocycles. The molecule has 0 aliphatic heterocycles. The van der Waals surface area contributed by atoms with E-state index in [1.165, 1.54) is 5.56 Å². The lowest BCUT2D eigenvalue weighted by atomic mass is 10.2. The fraction of sp³-hybridized carbons (Fsp3) is 0.188. The van der Waals surface area contributed by atoms with Gasteiger partial charge in [0.1, 0.15) is 0 Å². The van der Waals surface area contributed by atoms with Crippen LogP contribution in [0.1, 0.15) is 5.56 Å². The van der Waals surface area contributed by atoms with Gasteiger partial charge in [0, 0.05) is 28.2 Å². The van der Waals surface area contributed by atoms with Crippen molar-refractivity contribution in [2.45, 2.75) is 5.75 Å². The molecule has 0 aromatic heterocycles. The molecule has 0 spiro atoms. The summed E-state index contributed by atoms with van der Waals surface area (Å²) in [4.78, 5) is 0. The lowest BCUT2D eigenvalue weighted by Gasteiger charge is -2.10. The minimum atomic E-state index is 0.664. The number of anilines is 1. The average molecular weight is 381 g/mol. The van der Waals surface area contributed by atoms with Crippen LogP contribution in [-0.4, -0.2) is 17.4 Å². The summed E-state index contributed by atoms with van der Waals surface area (Å²) in [5, 5.41) is 7.05. The third-order valence-corrected chi connectivity index (χ3v) is 4.55. The number of hydrogen-bond donors (Lipinski definition) is 2. The summed E-state index contributed by atoms with van der Waals surface area (Å²) >= 11 is 10.6. The summed E-state index contributed by atoms with van der Waals surface area (Å²) in [5.74, 6) is 2.06. The van der Waals surface area contributed by atoms with Crippen molar-refractivity contribution >= 4 is 50.7 Å². The molecule has 0 saturated heterocycles. The Labute approximate surface area is 143 Å². The number of thioether (sulfide) groups is 1. The molecule has 2 N–H and O–H groups in total. The summed E-state index contributed by atoms with van der Waals surface area (Å²) < 4.78 is 1.06. The highest BCUT2D eigenvalue weighted by molar-refractivity contribution is 9.10. The van der Waals surface area contributed by atoms with Crippen molar-refractivity contribution in [3.8, 4) is 0 Å². The van der Waals surface area contributed by atoms with Crippen LogP contribution in [0.15, 0.2) is 59.1 Å². The number of benzene rings is 2. The van der Waals surface area contributed by atoms with E-state index in [1.54, 1.807) is 0 Å². The van der Waals surface area contributed by atoms with Crippen LogP contribution in [0.5, 0.6) is 0 Å². The van der Waals surface area contributed by atoms with E-state index in [-0.39, 0.29) is 0 Å². The van der Waals surface area contributed by atoms with Crippen molar-refractivity contribution in [2.75, 3.05) is 17.6 Å². The van der Waals surface area contributed by atoms with Crippen LogP contribution in [0, 0.1) is 0 Å². The van der Waals surface area contributed by atoms with Crippen molar-refractivity contribution in [1.82, 2.24) is 5.32 Å². The Bertz CT molecular complexity index is 558. The van der Waals surface area contributed by atoms with E-state index in [9.17, 15) is 0 Å². The molecule has 5 heteroatoms. The Morgan fingerprint density at radius 2 is 1.76 bits per heavy atom. The second-order valence-corrected chi connectivity index (χ2v) is 6.86. The molecule has 2 nitrogen and oxygen atoms in total. The van der Waals surface area contributed by atoms with Crippen LogP contribution in [0.3, 0.4) is 0 Å². The average Bonchev–Trinajstić information content (AvgIpc) is 2.50. The van der Waals surface area contributed by atoms with Gasteiger partial charge >= 0.3 is 0 Å². The smallest absolute Gasteiger partial charge is 0.170 e. The van der Waals surface area contributed by atoms with Crippen molar-refractivity contribution in [3.63, 3.8) is 0 Å². The first-order chi connectivity index (χ1) is 10.2. The molecular weight excluding hydrogens is 364 g/mol. The second kappa shape index (κ2) is 9.07. The van der Waals surface area contributed by atoms with Gasteiger partial charge in [0.25, 0.3) is 0 Å². The Kier molecular flexibility index (Phi) is 7.06. The van der Waals surface area contributed by atoms with E-state index < -0.39 is 0 Å². The van der Waals surface area contributed by atoms with Crippen LogP contribution in [0.4, 0.5) is 5.69 Å². The maximum atomic E-state index is 5.27. The zero-order valence-electron chi connectivity index (χ0n) is 11.5. The minimum Gasteiger partial charge on any atom is -0.362 e. The van der Waals surface area contributed by atoms with Crippen molar-refractivity contribution in [1.29, 1.82) is 0 Å². The van der Waals surface area contributed by atoms with Gasteiger partial charge in [-0.3, -0.25) is 0 Å². The van der Waals surface area contributed by atoms with Crippen LogP contribution in [-0.2, 0) is 5.75 Å². The highest BCUT2D eigenvalue weighted by Crippen LogP contribution is 2.14.